The Kier molecular flexibility index (Phi) is 4.34. The standard InChI is InChI=1S/C32H23NO2/c1-19(2)21-14-15-33-26(16-21)25-18-29-30(23-10-6-7-11-27(23)34-29)31-24-13-12-22(17-28(24)35-32(25)31)20-8-4-3-5-9-20/h3-19H,1-2H3. The molecule has 168 valence electrons. The summed E-state index contributed by atoms with van der Waals surface area (Å²) in [5.41, 5.74) is 8.82. The molecule has 3 aromatic heterocycles. The molecule has 3 heteroatoms. The van der Waals surface area contributed by atoms with Gasteiger partial charge in [-0.15, -0.1) is 0 Å². The molecule has 0 N–H and O–H groups in total. The van der Waals surface area contributed by atoms with Crippen LogP contribution in [0.2, 0.25) is 0 Å². The molecule has 0 radical (unpaired) electrons. The maximum absolute atomic E-state index is 6.65. The topological polar surface area (TPSA) is 39.2 Å². The van der Waals surface area contributed by atoms with Crippen molar-refractivity contribution >= 4 is 43.9 Å². The Morgan fingerprint density at radius 1 is 0.629 bits per heavy atom. The highest BCUT2D eigenvalue weighted by atomic mass is 16.3. The maximum atomic E-state index is 6.65. The first-order chi connectivity index (χ1) is 17.2. The fourth-order valence-electron chi connectivity index (χ4n) is 5.11. The second kappa shape index (κ2) is 7.57. The second-order valence-corrected chi connectivity index (χ2v) is 9.41. The summed E-state index contributed by atoms with van der Waals surface area (Å²) in [6.45, 7) is 4.40. The molecular weight excluding hydrogens is 430 g/mol. The van der Waals surface area contributed by atoms with Gasteiger partial charge >= 0.3 is 0 Å². The molecule has 7 aromatic rings. The van der Waals surface area contributed by atoms with E-state index in [-0.39, 0.29) is 0 Å². The Balaban J connectivity index is 1.61. The fraction of sp³-hybridized carbons (Fsp3) is 0.0938. The quantitative estimate of drug-likeness (QED) is 0.267. The van der Waals surface area contributed by atoms with Gasteiger partial charge in [-0.3, -0.25) is 4.98 Å². The van der Waals surface area contributed by atoms with E-state index in [2.05, 4.69) is 86.6 Å². The minimum atomic E-state index is 0.409. The van der Waals surface area contributed by atoms with Crippen molar-refractivity contribution in [3.05, 3.63) is 103 Å². The van der Waals surface area contributed by atoms with Gasteiger partial charge in [0.05, 0.1) is 5.69 Å². The molecule has 0 aliphatic carbocycles. The number of benzene rings is 4. The van der Waals surface area contributed by atoms with Crippen molar-refractivity contribution in [3.8, 4) is 22.4 Å². The van der Waals surface area contributed by atoms with Crippen molar-refractivity contribution in [1.29, 1.82) is 0 Å². The van der Waals surface area contributed by atoms with Crippen LogP contribution in [0.25, 0.3) is 66.3 Å². The van der Waals surface area contributed by atoms with Gasteiger partial charge in [-0.1, -0.05) is 68.4 Å². The summed E-state index contributed by atoms with van der Waals surface area (Å²) in [5.74, 6) is 0.409. The van der Waals surface area contributed by atoms with Gasteiger partial charge < -0.3 is 8.83 Å². The number of furan rings is 2. The van der Waals surface area contributed by atoms with Gasteiger partial charge in [-0.2, -0.15) is 0 Å². The summed E-state index contributed by atoms with van der Waals surface area (Å²) in [6.07, 6.45) is 1.88. The number of pyridine rings is 1. The Hall–Kier alpha value is -4.37. The van der Waals surface area contributed by atoms with E-state index < -0.39 is 0 Å². The predicted octanol–water partition coefficient (Wildman–Crippen LogP) is 9.34. The first-order valence-electron chi connectivity index (χ1n) is 12.0. The highest BCUT2D eigenvalue weighted by Gasteiger charge is 2.21. The van der Waals surface area contributed by atoms with E-state index in [9.17, 15) is 0 Å². The first kappa shape index (κ1) is 20.0. The van der Waals surface area contributed by atoms with Gasteiger partial charge in [-0.25, -0.2) is 0 Å². The van der Waals surface area contributed by atoms with E-state index in [1.54, 1.807) is 0 Å². The van der Waals surface area contributed by atoms with Crippen LogP contribution in [0.4, 0.5) is 0 Å². The zero-order valence-corrected chi connectivity index (χ0v) is 19.6. The van der Waals surface area contributed by atoms with Crippen molar-refractivity contribution in [2.45, 2.75) is 19.8 Å². The van der Waals surface area contributed by atoms with Gasteiger partial charge in [0.15, 0.2) is 0 Å². The molecule has 35 heavy (non-hydrogen) atoms. The monoisotopic (exact) mass is 453 g/mol. The molecule has 7 rings (SSSR count). The first-order valence-corrected chi connectivity index (χ1v) is 12.0. The van der Waals surface area contributed by atoms with Crippen LogP contribution in [0.15, 0.2) is 106 Å². The molecular formula is C32H23NO2. The summed E-state index contributed by atoms with van der Waals surface area (Å²) >= 11 is 0. The average molecular weight is 454 g/mol. The highest BCUT2D eigenvalue weighted by molar-refractivity contribution is 6.28. The zero-order valence-electron chi connectivity index (χ0n) is 19.6. The van der Waals surface area contributed by atoms with Gasteiger partial charge in [0.1, 0.15) is 22.3 Å². The largest absolute Gasteiger partial charge is 0.456 e. The summed E-state index contributed by atoms with van der Waals surface area (Å²) < 4.78 is 13.0. The molecule has 0 aliphatic rings. The molecule has 0 aliphatic heterocycles. The fourth-order valence-corrected chi connectivity index (χ4v) is 5.11. The van der Waals surface area contributed by atoms with Gasteiger partial charge in [0, 0.05) is 33.3 Å². The van der Waals surface area contributed by atoms with Crippen molar-refractivity contribution in [2.75, 3.05) is 0 Å². The molecule has 0 fully saturated rings. The van der Waals surface area contributed by atoms with Crippen LogP contribution in [0, 0.1) is 0 Å². The van der Waals surface area contributed by atoms with Gasteiger partial charge in [0.25, 0.3) is 0 Å². The second-order valence-electron chi connectivity index (χ2n) is 9.41. The maximum Gasteiger partial charge on any atom is 0.145 e. The van der Waals surface area contributed by atoms with E-state index >= 15 is 0 Å². The lowest BCUT2D eigenvalue weighted by Gasteiger charge is -2.08. The van der Waals surface area contributed by atoms with Crippen molar-refractivity contribution in [3.63, 3.8) is 0 Å². The minimum Gasteiger partial charge on any atom is -0.456 e. The van der Waals surface area contributed by atoms with E-state index in [0.29, 0.717) is 5.92 Å². The van der Waals surface area contributed by atoms with E-state index in [0.717, 1.165) is 60.7 Å². The van der Waals surface area contributed by atoms with Crippen LogP contribution in [-0.2, 0) is 0 Å². The van der Waals surface area contributed by atoms with E-state index in [1.165, 1.54) is 11.1 Å². The average Bonchev–Trinajstić information content (AvgIpc) is 3.46. The molecule has 0 bridgehead atoms. The molecule has 0 spiro atoms. The summed E-state index contributed by atoms with van der Waals surface area (Å²) in [7, 11) is 0. The smallest absolute Gasteiger partial charge is 0.145 e. The third kappa shape index (κ3) is 3.08. The zero-order chi connectivity index (χ0) is 23.5. The van der Waals surface area contributed by atoms with Crippen LogP contribution in [0.5, 0.6) is 0 Å². The lowest BCUT2D eigenvalue weighted by Crippen LogP contribution is -1.91. The van der Waals surface area contributed by atoms with Crippen LogP contribution < -0.4 is 0 Å². The number of para-hydroxylation sites is 1. The van der Waals surface area contributed by atoms with Crippen molar-refractivity contribution in [1.82, 2.24) is 4.98 Å². The Bertz CT molecular complexity index is 1870. The lowest BCUT2D eigenvalue weighted by molar-refractivity contribution is 0.663. The lowest BCUT2D eigenvalue weighted by atomic mass is 9.97. The van der Waals surface area contributed by atoms with E-state index in [4.69, 9.17) is 13.8 Å². The van der Waals surface area contributed by atoms with E-state index in [1.807, 2.05) is 24.4 Å². The molecule has 0 amide bonds. The third-order valence-electron chi connectivity index (χ3n) is 6.92. The molecule has 0 saturated heterocycles. The summed E-state index contributed by atoms with van der Waals surface area (Å²) in [6, 6.07) is 31.4. The van der Waals surface area contributed by atoms with Crippen molar-refractivity contribution in [2.24, 2.45) is 0 Å². The molecule has 4 aromatic carbocycles. The normalized spacial score (nSPS) is 12.0. The SMILES string of the molecule is CC(C)c1ccnc(-c2cc3oc4ccccc4c3c3c2oc2cc(-c4ccccc4)ccc23)c1. The summed E-state index contributed by atoms with van der Waals surface area (Å²) in [5, 5.41) is 4.34. The Morgan fingerprint density at radius 3 is 2.29 bits per heavy atom. The molecule has 3 heterocycles. The van der Waals surface area contributed by atoms with Crippen LogP contribution >= 0.6 is 0 Å². The Labute approximate surface area is 202 Å². The summed E-state index contributed by atoms with van der Waals surface area (Å²) in [4.78, 5) is 4.74. The number of fused-ring (bicyclic) bond motifs is 7. The van der Waals surface area contributed by atoms with Crippen LogP contribution in [-0.4, -0.2) is 4.98 Å². The number of rotatable bonds is 3. The minimum absolute atomic E-state index is 0.409. The van der Waals surface area contributed by atoms with Gasteiger partial charge in [-0.05, 0) is 59.0 Å². The molecule has 0 saturated carbocycles. The van der Waals surface area contributed by atoms with Crippen LogP contribution in [0.1, 0.15) is 25.3 Å². The third-order valence-corrected chi connectivity index (χ3v) is 6.92. The molecule has 3 nitrogen and oxygen atoms in total. The Morgan fingerprint density at radius 2 is 1.43 bits per heavy atom. The number of nitrogens with zero attached hydrogens (tertiary/aromatic N) is 1. The number of hydrogen-bond donors (Lipinski definition) is 0. The number of aromatic nitrogens is 1. The van der Waals surface area contributed by atoms with Crippen LogP contribution in [0.3, 0.4) is 0 Å². The molecule has 0 atom stereocenters. The van der Waals surface area contributed by atoms with Gasteiger partial charge in [0.2, 0.25) is 0 Å². The number of hydrogen-bond acceptors (Lipinski definition) is 3. The predicted molar refractivity (Wildman–Crippen MR) is 144 cm³/mol. The molecule has 0 unspecified atom stereocenters. The van der Waals surface area contributed by atoms with Crippen molar-refractivity contribution < 1.29 is 8.83 Å². The highest BCUT2D eigenvalue weighted by Crippen LogP contribution is 2.45.